The van der Waals surface area contributed by atoms with E-state index in [4.69, 9.17) is 22.7 Å². The molecule has 5 heteroatoms. The molecule has 17 heavy (non-hydrogen) atoms. The minimum atomic E-state index is -0.312. The second-order valence-corrected chi connectivity index (χ2v) is 5.22. The first-order chi connectivity index (χ1) is 7.95. The third-order valence-electron chi connectivity index (χ3n) is 2.95. The Hall–Kier alpha value is -0.680. The molecule has 1 fully saturated rings. The summed E-state index contributed by atoms with van der Waals surface area (Å²) in [6.45, 7) is 7.25. The number of morpholine rings is 1. The van der Waals surface area contributed by atoms with Crippen molar-refractivity contribution in [2.75, 3.05) is 13.1 Å². The molecule has 0 spiro atoms. The number of hydrogen-bond donors (Lipinski definition) is 1. The zero-order valence-electron chi connectivity index (χ0n) is 10.8. The number of nitrogens with two attached hydrogens (primary N) is 1. The molecular weight excluding hydrogens is 236 g/mol. The number of rotatable bonds is 4. The Morgan fingerprint density at radius 1 is 1.47 bits per heavy atom. The Balaban J connectivity index is 2.69. The summed E-state index contributed by atoms with van der Waals surface area (Å²) in [5, 5.41) is 0. The van der Waals surface area contributed by atoms with Gasteiger partial charge in [-0.3, -0.25) is 4.79 Å². The minimum Gasteiger partial charge on any atom is -0.393 e. The van der Waals surface area contributed by atoms with Gasteiger partial charge in [-0.1, -0.05) is 25.6 Å². The maximum atomic E-state index is 12.3. The number of hydrogen-bond acceptors (Lipinski definition) is 3. The molecule has 2 N–H and O–H groups in total. The van der Waals surface area contributed by atoms with E-state index in [0.717, 1.165) is 12.8 Å². The molecule has 4 nitrogen and oxygen atoms in total. The van der Waals surface area contributed by atoms with Crippen LogP contribution in [-0.2, 0) is 9.53 Å². The molecule has 0 saturated carbocycles. The lowest BCUT2D eigenvalue weighted by Crippen LogP contribution is -2.51. The highest BCUT2D eigenvalue weighted by Crippen LogP contribution is 2.17. The summed E-state index contributed by atoms with van der Waals surface area (Å²) >= 11 is 4.99. The van der Waals surface area contributed by atoms with Crippen LogP contribution >= 0.6 is 12.2 Å². The first-order valence-corrected chi connectivity index (χ1v) is 6.60. The van der Waals surface area contributed by atoms with Gasteiger partial charge in [0.25, 0.3) is 0 Å². The van der Waals surface area contributed by atoms with Crippen LogP contribution < -0.4 is 5.73 Å². The molecule has 1 unspecified atom stereocenters. The van der Waals surface area contributed by atoms with Crippen LogP contribution in [0.2, 0.25) is 0 Å². The van der Waals surface area contributed by atoms with Crippen molar-refractivity contribution in [3.63, 3.8) is 0 Å². The molecule has 1 aliphatic heterocycles. The van der Waals surface area contributed by atoms with E-state index < -0.39 is 0 Å². The first kappa shape index (κ1) is 14.4. The predicted octanol–water partition coefficient (Wildman–Crippen LogP) is 1.32. The summed E-state index contributed by atoms with van der Waals surface area (Å²) in [6.07, 6.45) is 1.80. The highest BCUT2D eigenvalue weighted by molar-refractivity contribution is 7.80. The van der Waals surface area contributed by atoms with Crippen LogP contribution in [-0.4, -0.2) is 41.1 Å². The van der Waals surface area contributed by atoms with Crippen LogP contribution in [0.3, 0.4) is 0 Å². The standard InChI is InChI=1S/C12H22N2O2S/c1-4-5-10(11(13)17)12(15)14-6-8(2)16-9(3)7-14/h8-10H,4-7H2,1-3H3,(H2,13,17)/t8-,9+,10?. The quantitative estimate of drug-likeness (QED) is 0.773. The van der Waals surface area contributed by atoms with Crippen molar-refractivity contribution in [3.8, 4) is 0 Å². The number of thiocarbonyl (C=S) groups is 1. The van der Waals surface area contributed by atoms with Crippen LogP contribution in [0, 0.1) is 5.92 Å². The Bertz CT molecular complexity index is 286. The Morgan fingerprint density at radius 3 is 2.41 bits per heavy atom. The summed E-state index contributed by atoms with van der Waals surface area (Å²) in [5.41, 5.74) is 5.65. The molecule has 1 rings (SSSR count). The summed E-state index contributed by atoms with van der Waals surface area (Å²) in [5.74, 6) is -0.256. The topological polar surface area (TPSA) is 55.6 Å². The van der Waals surface area contributed by atoms with Gasteiger partial charge in [-0.25, -0.2) is 0 Å². The van der Waals surface area contributed by atoms with Crippen molar-refractivity contribution >= 4 is 23.1 Å². The molecule has 0 aromatic carbocycles. The van der Waals surface area contributed by atoms with Gasteiger partial charge in [0, 0.05) is 13.1 Å². The lowest BCUT2D eigenvalue weighted by Gasteiger charge is -2.37. The average molecular weight is 258 g/mol. The van der Waals surface area contributed by atoms with Crippen molar-refractivity contribution in [1.29, 1.82) is 0 Å². The van der Waals surface area contributed by atoms with Gasteiger partial charge in [0.05, 0.1) is 23.1 Å². The zero-order chi connectivity index (χ0) is 13.0. The zero-order valence-corrected chi connectivity index (χ0v) is 11.6. The summed E-state index contributed by atoms with van der Waals surface area (Å²) < 4.78 is 5.61. The number of carbonyl (C=O) groups is 1. The second-order valence-electron chi connectivity index (χ2n) is 4.74. The van der Waals surface area contributed by atoms with Crippen LogP contribution in [0.1, 0.15) is 33.6 Å². The number of ether oxygens (including phenoxy) is 1. The van der Waals surface area contributed by atoms with Crippen molar-refractivity contribution in [2.24, 2.45) is 11.7 Å². The van der Waals surface area contributed by atoms with E-state index in [1.54, 1.807) is 0 Å². The van der Waals surface area contributed by atoms with E-state index in [1.165, 1.54) is 0 Å². The third-order valence-corrected chi connectivity index (χ3v) is 3.23. The van der Waals surface area contributed by atoms with Gasteiger partial charge in [-0.2, -0.15) is 0 Å². The monoisotopic (exact) mass is 258 g/mol. The molecule has 0 radical (unpaired) electrons. The summed E-state index contributed by atoms with van der Waals surface area (Å²) in [4.78, 5) is 14.5. The molecule has 1 heterocycles. The molecule has 1 aliphatic rings. The van der Waals surface area contributed by atoms with Gasteiger partial charge >= 0.3 is 0 Å². The molecule has 1 amide bonds. The fourth-order valence-electron chi connectivity index (χ4n) is 2.25. The Kier molecular flexibility index (Phi) is 5.33. The van der Waals surface area contributed by atoms with Gasteiger partial charge in [0.1, 0.15) is 0 Å². The van der Waals surface area contributed by atoms with Crippen molar-refractivity contribution in [2.45, 2.75) is 45.8 Å². The molecule has 98 valence electrons. The van der Waals surface area contributed by atoms with Gasteiger partial charge in [-0.15, -0.1) is 0 Å². The summed E-state index contributed by atoms with van der Waals surface area (Å²) in [7, 11) is 0. The lowest BCUT2D eigenvalue weighted by molar-refractivity contribution is -0.145. The van der Waals surface area contributed by atoms with E-state index in [9.17, 15) is 4.79 Å². The van der Waals surface area contributed by atoms with Crippen LogP contribution in [0.15, 0.2) is 0 Å². The highest BCUT2D eigenvalue weighted by atomic mass is 32.1. The van der Waals surface area contributed by atoms with E-state index >= 15 is 0 Å². The largest absolute Gasteiger partial charge is 0.393 e. The SMILES string of the molecule is CCCC(C(=O)N1C[C@@H](C)O[C@@H](C)C1)C(N)=S. The van der Waals surface area contributed by atoms with Crippen molar-refractivity contribution in [1.82, 2.24) is 4.90 Å². The smallest absolute Gasteiger partial charge is 0.232 e. The van der Waals surface area contributed by atoms with Crippen molar-refractivity contribution < 1.29 is 9.53 Å². The Labute approximate surface area is 108 Å². The number of nitrogens with zero attached hydrogens (tertiary/aromatic N) is 1. The highest BCUT2D eigenvalue weighted by Gasteiger charge is 2.31. The van der Waals surface area contributed by atoms with E-state index in [1.807, 2.05) is 25.7 Å². The minimum absolute atomic E-state index is 0.0568. The van der Waals surface area contributed by atoms with Gasteiger partial charge in [0.2, 0.25) is 5.91 Å². The maximum Gasteiger partial charge on any atom is 0.232 e. The van der Waals surface area contributed by atoms with Crippen LogP contribution in [0.5, 0.6) is 0 Å². The fraction of sp³-hybridized carbons (Fsp3) is 0.833. The second kappa shape index (κ2) is 6.31. The third kappa shape index (κ3) is 3.92. The van der Waals surface area contributed by atoms with Gasteiger partial charge < -0.3 is 15.4 Å². The molecular formula is C12H22N2O2S. The molecule has 1 saturated heterocycles. The van der Waals surface area contributed by atoms with Crippen LogP contribution in [0.4, 0.5) is 0 Å². The van der Waals surface area contributed by atoms with Gasteiger partial charge in [-0.05, 0) is 20.3 Å². The molecule has 3 atom stereocenters. The lowest BCUT2D eigenvalue weighted by atomic mass is 10.0. The van der Waals surface area contributed by atoms with Crippen LogP contribution in [0.25, 0.3) is 0 Å². The van der Waals surface area contributed by atoms with E-state index in [-0.39, 0.29) is 24.0 Å². The van der Waals surface area contributed by atoms with Crippen molar-refractivity contribution in [3.05, 3.63) is 0 Å². The van der Waals surface area contributed by atoms with E-state index in [0.29, 0.717) is 18.1 Å². The first-order valence-electron chi connectivity index (χ1n) is 6.19. The molecule has 0 aliphatic carbocycles. The van der Waals surface area contributed by atoms with E-state index in [2.05, 4.69) is 0 Å². The maximum absolute atomic E-state index is 12.3. The fourth-order valence-corrected chi connectivity index (χ4v) is 2.47. The predicted molar refractivity (Wildman–Crippen MR) is 71.8 cm³/mol. The summed E-state index contributed by atoms with van der Waals surface area (Å²) in [6, 6.07) is 0. The molecule has 0 aromatic heterocycles. The average Bonchev–Trinajstić information content (AvgIpc) is 2.23. The Morgan fingerprint density at radius 2 is 2.00 bits per heavy atom. The number of carbonyl (C=O) groups excluding carboxylic acids is 1. The van der Waals surface area contributed by atoms with Gasteiger partial charge in [0.15, 0.2) is 0 Å². The number of amides is 1. The molecule has 0 bridgehead atoms. The normalized spacial score (nSPS) is 26.6. The molecule has 0 aromatic rings.